The molecular formula is C16H14Cl2N4O3. The Labute approximate surface area is 153 Å². The lowest BCUT2D eigenvalue weighted by Crippen LogP contribution is -2.36. The molecule has 3 rings (SSSR count). The second-order valence-electron chi connectivity index (χ2n) is 5.17. The van der Waals surface area contributed by atoms with Crippen molar-refractivity contribution in [3.8, 4) is 17.3 Å². The number of aromatic amines is 1. The zero-order valence-electron chi connectivity index (χ0n) is 13.1. The summed E-state index contributed by atoms with van der Waals surface area (Å²) in [5.74, 6) is 1.57. The maximum absolute atomic E-state index is 12.1. The Bertz CT molecular complexity index is 844. The zero-order chi connectivity index (χ0) is 17.8. The maximum Gasteiger partial charge on any atom is 0.261 e. The Kier molecular flexibility index (Phi) is 5.25. The van der Waals surface area contributed by atoms with Crippen molar-refractivity contribution in [2.24, 2.45) is 0 Å². The van der Waals surface area contributed by atoms with Crippen LogP contribution in [0.15, 0.2) is 41.0 Å². The van der Waals surface area contributed by atoms with E-state index in [1.54, 1.807) is 37.3 Å². The van der Waals surface area contributed by atoms with Gasteiger partial charge in [-0.05, 0) is 37.3 Å². The second kappa shape index (κ2) is 7.58. The standard InChI is InChI=1S/C16H14Cl2N4O3/c1-9(25-12-6-10(17)5-11(18)7-12)16(23)19-8-14-20-15(22-21-14)13-3-2-4-24-13/h2-7,9H,8H2,1H3,(H,19,23)(H,20,21,22). The summed E-state index contributed by atoms with van der Waals surface area (Å²) in [7, 11) is 0. The molecule has 2 aromatic heterocycles. The van der Waals surface area contributed by atoms with Gasteiger partial charge in [0.2, 0.25) is 5.82 Å². The first-order chi connectivity index (χ1) is 12.0. The number of nitrogens with one attached hydrogen (secondary N) is 2. The first kappa shape index (κ1) is 17.3. The summed E-state index contributed by atoms with van der Waals surface area (Å²) in [5, 5.41) is 10.3. The van der Waals surface area contributed by atoms with Gasteiger partial charge in [-0.3, -0.25) is 9.89 Å². The van der Waals surface area contributed by atoms with E-state index in [2.05, 4.69) is 20.5 Å². The molecule has 0 aliphatic carbocycles. The van der Waals surface area contributed by atoms with Crippen molar-refractivity contribution in [1.29, 1.82) is 0 Å². The molecule has 0 saturated heterocycles. The van der Waals surface area contributed by atoms with Gasteiger partial charge in [0.1, 0.15) is 11.6 Å². The van der Waals surface area contributed by atoms with E-state index in [0.717, 1.165) is 0 Å². The molecule has 7 nitrogen and oxygen atoms in total. The van der Waals surface area contributed by atoms with Gasteiger partial charge in [0.15, 0.2) is 11.9 Å². The second-order valence-corrected chi connectivity index (χ2v) is 6.04. The van der Waals surface area contributed by atoms with Crippen LogP contribution < -0.4 is 10.1 Å². The summed E-state index contributed by atoms with van der Waals surface area (Å²) in [6.45, 7) is 1.80. The van der Waals surface area contributed by atoms with Gasteiger partial charge >= 0.3 is 0 Å². The number of aromatic nitrogens is 3. The quantitative estimate of drug-likeness (QED) is 0.682. The van der Waals surface area contributed by atoms with Crippen LogP contribution in [0.3, 0.4) is 0 Å². The van der Waals surface area contributed by atoms with Gasteiger partial charge in [0.25, 0.3) is 5.91 Å². The third-order valence-electron chi connectivity index (χ3n) is 3.22. The predicted molar refractivity (Wildman–Crippen MR) is 92.5 cm³/mol. The Hall–Kier alpha value is -2.51. The molecule has 0 bridgehead atoms. The SMILES string of the molecule is CC(Oc1cc(Cl)cc(Cl)c1)C(=O)NCc1nc(-c2ccco2)n[nH]1. The van der Waals surface area contributed by atoms with Crippen LogP contribution in [0.2, 0.25) is 10.0 Å². The van der Waals surface area contributed by atoms with E-state index in [1.807, 2.05) is 0 Å². The molecule has 0 saturated carbocycles. The number of nitrogens with zero attached hydrogens (tertiary/aromatic N) is 2. The highest BCUT2D eigenvalue weighted by Gasteiger charge is 2.16. The van der Waals surface area contributed by atoms with Crippen LogP contribution in [0.1, 0.15) is 12.7 Å². The van der Waals surface area contributed by atoms with E-state index in [-0.39, 0.29) is 12.5 Å². The van der Waals surface area contributed by atoms with Crippen molar-refractivity contribution >= 4 is 29.1 Å². The highest BCUT2D eigenvalue weighted by atomic mass is 35.5. The number of carbonyl (C=O) groups excluding carboxylic acids is 1. The van der Waals surface area contributed by atoms with Crippen LogP contribution in [-0.4, -0.2) is 27.2 Å². The van der Waals surface area contributed by atoms with E-state index in [1.165, 1.54) is 6.26 Å². The maximum atomic E-state index is 12.1. The minimum absolute atomic E-state index is 0.177. The number of furan rings is 1. The molecule has 9 heteroatoms. The molecule has 130 valence electrons. The van der Waals surface area contributed by atoms with Crippen molar-refractivity contribution in [3.63, 3.8) is 0 Å². The number of H-pyrrole nitrogens is 1. The minimum atomic E-state index is -0.734. The third kappa shape index (κ3) is 4.52. The van der Waals surface area contributed by atoms with Crippen molar-refractivity contribution in [2.45, 2.75) is 19.6 Å². The molecule has 3 aromatic rings. The average molecular weight is 381 g/mol. The van der Waals surface area contributed by atoms with E-state index in [4.69, 9.17) is 32.4 Å². The number of halogens is 2. The smallest absolute Gasteiger partial charge is 0.261 e. The molecule has 0 aliphatic heterocycles. The first-order valence-electron chi connectivity index (χ1n) is 7.37. The van der Waals surface area contributed by atoms with Crippen molar-refractivity contribution in [1.82, 2.24) is 20.5 Å². The zero-order valence-corrected chi connectivity index (χ0v) is 14.6. The van der Waals surface area contributed by atoms with Crippen LogP contribution >= 0.6 is 23.2 Å². The van der Waals surface area contributed by atoms with Gasteiger partial charge < -0.3 is 14.5 Å². The fraction of sp³-hybridized carbons (Fsp3) is 0.188. The van der Waals surface area contributed by atoms with Crippen LogP contribution in [0.4, 0.5) is 0 Å². The number of carbonyl (C=O) groups is 1. The van der Waals surface area contributed by atoms with E-state index in [0.29, 0.717) is 33.2 Å². The molecule has 25 heavy (non-hydrogen) atoms. The van der Waals surface area contributed by atoms with Crippen LogP contribution in [0.25, 0.3) is 11.6 Å². The monoisotopic (exact) mass is 380 g/mol. The Morgan fingerprint density at radius 3 is 2.80 bits per heavy atom. The fourth-order valence-electron chi connectivity index (χ4n) is 2.06. The number of rotatable bonds is 6. The van der Waals surface area contributed by atoms with Crippen molar-refractivity contribution in [3.05, 3.63) is 52.5 Å². The fourth-order valence-corrected chi connectivity index (χ4v) is 2.57. The third-order valence-corrected chi connectivity index (χ3v) is 3.66. The molecule has 2 heterocycles. The molecule has 0 spiro atoms. The number of hydrogen-bond donors (Lipinski definition) is 2. The predicted octanol–water partition coefficient (Wildman–Crippen LogP) is 3.46. The first-order valence-corrected chi connectivity index (χ1v) is 8.12. The highest BCUT2D eigenvalue weighted by Crippen LogP contribution is 2.25. The molecule has 0 radical (unpaired) electrons. The van der Waals surface area contributed by atoms with Gasteiger partial charge in [-0.2, -0.15) is 0 Å². The molecule has 0 fully saturated rings. The summed E-state index contributed by atoms with van der Waals surface area (Å²) in [6.07, 6.45) is 0.802. The summed E-state index contributed by atoms with van der Waals surface area (Å²) < 4.78 is 10.8. The molecule has 0 aliphatic rings. The van der Waals surface area contributed by atoms with Crippen LogP contribution in [0, 0.1) is 0 Å². The Morgan fingerprint density at radius 2 is 2.12 bits per heavy atom. The highest BCUT2D eigenvalue weighted by molar-refractivity contribution is 6.34. The molecule has 1 atom stereocenters. The molecule has 1 unspecified atom stereocenters. The molecule has 2 N–H and O–H groups in total. The number of amides is 1. The number of benzene rings is 1. The molecule has 1 amide bonds. The van der Waals surface area contributed by atoms with Crippen molar-refractivity contribution in [2.75, 3.05) is 0 Å². The van der Waals surface area contributed by atoms with Gasteiger partial charge in [-0.25, -0.2) is 4.98 Å². The number of hydrogen-bond acceptors (Lipinski definition) is 5. The van der Waals surface area contributed by atoms with E-state index in [9.17, 15) is 4.79 Å². The van der Waals surface area contributed by atoms with Gasteiger partial charge in [-0.1, -0.05) is 23.2 Å². The van der Waals surface area contributed by atoms with Crippen molar-refractivity contribution < 1.29 is 13.9 Å². The van der Waals surface area contributed by atoms with Gasteiger partial charge in [0, 0.05) is 10.0 Å². The average Bonchev–Trinajstić information content (AvgIpc) is 3.22. The largest absolute Gasteiger partial charge is 0.481 e. The number of ether oxygens (including phenoxy) is 1. The molecular weight excluding hydrogens is 367 g/mol. The minimum Gasteiger partial charge on any atom is -0.481 e. The van der Waals surface area contributed by atoms with Crippen LogP contribution in [-0.2, 0) is 11.3 Å². The van der Waals surface area contributed by atoms with Gasteiger partial charge in [-0.15, -0.1) is 5.10 Å². The normalized spacial score (nSPS) is 12.0. The van der Waals surface area contributed by atoms with E-state index < -0.39 is 6.10 Å². The topological polar surface area (TPSA) is 93.0 Å². The summed E-state index contributed by atoms with van der Waals surface area (Å²) in [6, 6.07) is 8.25. The Morgan fingerprint density at radius 1 is 1.36 bits per heavy atom. The lowest BCUT2D eigenvalue weighted by molar-refractivity contribution is -0.127. The van der Waals surface area contributed by atoms with Gasteiger partial charge in [0.05, 0.1) is 12.8 Å². The lowest BCUT2D eigenvalue weighted by Gasteiger charge is -2.14. The Balaban J connectivity index is 1.55. The van der Waals surface area contributed by atoms with E-state index >= 15 is 0 Å². The lowest BCUT2D eigenvalue weighted by atomic mass is 10.3. The molecule has 1 aromatic carbocycles. The summed E-state index contributed by atoms with van der Waals surface area (Å²) in [5.41, 5.74) is 0. The summed E-state index contributed by atoms with van der Waals surface area (Å²) in [4.78, 5) is 16.4. The van der Waals surface area contributed by atoms with Crippen LogP contribution in [0.5, 0.6) is 5.75 Å². The summed E-state index contributed by atoms with van der Waals surface area (Å²) >= 11 is 11.8.